The number of nitrogens with zero attached hydrogens (tertiary/aromatic N) is 2. The van der Waals surface area contributed by atoms with Crippen LogP contribution in [-0.2, 0) is 14.8 Å². The van der Waals surface area contributed by atoms with Crippen LogP contribution in [0, 0.1) is 13.8 Å². The van der Waals surface area contributed by atoms with E-state index in [4.69, 9.17) is 0 Å². The van der Waals surface area contributed by atoms with Gasteiger partial charge in [-0.3, -0.25) is 4.79 Å². The van der Waals surface area contributed by atoms with Gasteiger partial charge in [0.1, 0.15) is 0 Å². The summed E-state index contributed by atoms with van der Waals surface area (Å²) in [5, 5.41) is 3.20. The molecule has 0 aromatic heterocycles. The Morgan fingerprint density at radius 2 is 1.92 bits per heavy atom. The molecule has 1 aromatic carbocycles. The van der Waals surface area contributed by atoms with Crippen molar-refractivity contribution in [1.29, 1.82) is 0 Å². The van der Waals surface area contributed by atoms with Crippen LogP contribution in [-0.4, -0.2) is 62.8 Å². The van der Waals surface area contributed by atoms with E-state index in [1.54, 1.807) is 30.9 Å². The third kappa shape index (κ3) is 4.34. The number of hydrogen-bond donors (Lipinski definition) is 1. The Morgan fingerprint density at radius 3 is 2.50 bits per heavy atom. The molecule has 2 rings (SSSR count). The van der Waals surface area contributed by atoms with Gasteiger partial charge in [0.05, 0.1) is 4.90 Å². The van der Waals surface area contributed by atoms with Gasteiger partial charge in [-0.25, -0.2) is 8.42 Å². The number of benzene rings is 1. The second kappa shape index (κ2) is 8.09. The van der Waals surface area contributed by atoms with Crippen molar-refractivity contribution in [2.24, 2.45) is 0 Å². The molecule has 1 heterocycles. The Hall–Kier alpha value is -1.44. The molecule has 134 valence electrons. The summed E-state index contributed by atoms with van der Waals surface area (Å²) in [4.78, 5) is 14.4. The number of carbonyl (C=O) groups is 1. The van der Waals surface area contributed by atoms with Gasteiger partial charge < -0.3 is 10.2 Å². The summed E-state index contributed by atoms with van der Waals surface area (Å²) >= 11 is 0. The molecule has 1 saturated heterocycles. The summed E-state index contributed by atoms with van der Waals surface area (Å²) in [5.41, 5.74) is 1.77. The Morgan fingerprint density at radius 1 is 1.25 bits per heavy atom. The van der Waals surface area contributed by atoms with Crippen LogP contribution < -0.4 is 5.32 Å². The van der Waals surface area contributed by atoms with Crippen LogP contribution in [0.15, 0.2) is 23.1 Å². The lowest BCUT2D eigenvalue weighted by Crippen LogP contribution is -2.47. The first-order chi connectivity index (χ1) is 11.4. The fraction of sp³-hybridized carbons (Fsp3) is 0.588. The molecular formula is C17H27N3O3S. The monoisotopic (exact) mass is 353 g/mol. The van der Waals surface area contributed by atoms with Crippen molar-refractivity contribution in [2.75, 3.05) is 39.3 Å². The minimum atomic E-state index is -3.57. The maximum absolute atomic E-state index is 12.9. The summed E-state index contributed by atoms with van der Waals surface area (Å²) in [7, 11) is -3.57. The minimum Gasteiger partial charge on any atom is -0.340 e. The van der Waals surface area contributed by atoms with Crippen LogP contribution >= 0.6 is 0 Å². The van der Waals surface area contributed by atoms with Crippen LogP contribution in [0.2, 0.25) is 0 Å². The molecule has 0 aliphatic carbocycles. The molecule has 0 bridgehead atoms. The van der Waals surface area contributed by atoms with Gasteiger partial charge in [0.15, 0.2) is 0 Å². The van der Waals surface area contributed by atoms with Gasteiger partial charge in [-0.2, -0.15) is 4.31 Å². The fourth-order valence-electron chi connectivity index (χ4n) is 2.97. The second-order valence-corrected chi connectivity index (χ2v) is 8.05. The summed E-state index contributed by atoms with van der Waals surface area (Å²) in [6, 6.07) is 5.33. The third-order valence-electron chi connectivity index (χ3n) is 4.35. The molecule has 24 heavy (non-hydrogen) atoms. The molecule has 0 unspecified atom stereocenters. The van der Waals surface area contributed by atoms with E-state index >= 15 is 0 Å². The molecule has 1 aliphatic rings. The maximum atomic E-state index is 12.9. The Kier molecular flexibility index (Phi) is 6.37. The van der Waals surface area contributed by atoms with E-state index in [-0.39, 0.29) is 18.9 Å². The van der Waals surface area contributed by atoms with E-state index in [0.29, 0.717) is 24.5 Å². The van der Waals surface area contributed by atoms with Crippen molar-refractivity contribution in [3.8, 4) is 0 Å². The van der Waals surface area contributed by atoms with E-state index in [1.165, 1.54) is 4.31 Å². The van der Waals surface area contributed by atoms with Gasteiger partial charge >= 0.3 is 0 Å². The number of amides is 1. The van der Waals surface area contributed by atoms with E-state index < -0.39 is 10.0 Å². The summed E-state index contributed by atoms with van der Waals surface area (Å²) in [6.07, 6.45) is 0.220. The van der Waals surface area contributed by atoms with Crippen molar-refractivity contribution >= 4 is 15.9 Å². The number of nitrogens with one attached hydrogen (secondary N) is 1. The predicted molar refractivity (Wildman–Crippen MR) is 94.4 cm³/mol. The zero-order valence-corrected chi connectivity index (χ0v) is 15.5. The van der Waals surface area contributed by atoms with E-state index in [0.717, 1.165) is 24.2 Å². The number of aryl methyl sites for hydroxylation is 2. The third-order valence-corrected chi connectivity index (χ3v) is 6.48. The van der Waals surface area contributed by atoms with Gasteiger partial charge in [0.2, 0.25) is 15.9 Å². The molecular weight excluding hydrogens is 326 g/mol. The van der Waals surface area contributed by atoms with Crippen LogP contribution in [0.4, 0.5) is 0 Å². The maximum Gasteiger partial charge on any atom is 0.243 e. The highest BCUT2D eigenvalue weighted by molar-refractivity contribution is 7.89. The first-order valence-corrected chi connectivity index (χ1v) is 9.86. The highest BCUT2D eigenvalue weighted by atomic mass is 32.2. The number of piperazine rings is 1. The van der Waals surface area contributed by atoms with Crippen LogP contribution in [0.1, 0.15) is 24.5 Å². The van der Waals surface area contributed by atoms with E-state index in [1.807, 2.05) is 13.0 Å². The lowest BCUT2D eigenvalue weighted by atomic mass is 10.2. The van der Waals surface area contributed by atoms with E-state index in [2.05, 4.69) is 5.32 Å². The molecule has 1 N–H and O–H groups in total. The lowest BCUT2D eigenvalue weighted by Gasteiger charge is -2.28. The SMILES string of the molecule is CCN(CCC(=O)N1CCNCC1)S(=O)(=O)c1ccc(C)cc1C. The largest absolute Gasteiger partial charge is 0.340 e. The molecule has 1 aliphatic heterocycles. The normalized spacial score (nSPS) is 15.8. The van der Waals surface area contributed by atoms with Crippen LogP contribution in [0.5, 0.6) is 0 Å². The molecule has 6 nitrogen and oxygen atoms in total. The Balaban J connectivity index is 2.07. The van der Waals surface area contributed by atoms with Crippen molar-refractivity contribution in [2.45, 2.75) is 32.1 Å². The summed E-state index contributed by atoms with van der Waals surface area (Å²) in [6.45, 7) is 9.08. The van der Waals surface area contributed by atoms with Crippen LogP contribution in [0.25, 0.3) is 0 Å². The lowest BCUT2D eigenvalue weighted by molar-refractivity contribution is -0.131. The van der Waals surface area contributed by atoms with Gasteiger partial charge in [-0.15, -0.1) is 0 Å². The first-order valence-electron chi connectivity index (χ1n) is 8.42. The summed E-state index contributed by atoms with van der Waals surface area (Å²) in [5.74, 6) is 0.0192. The second-order valence-electron chi connectivity index (χ2n) is 6.15. The first kappa shape index (κ1) is 18.9. The molecule has 1 amide bonds. The average Bonchev–Trinajstić information content (AvgIpc) is 2.55. The molecule has 0 saturated carbocycles. The highest BCUT2D eigenvalue weighted by Crippen LogP contribution is 2.21. The van der Waals surface area contributed by atoms with Gasteiger partial charge in [-0.05, 0) is 25.5 Å². The van der Waals surface area contributed by atoms with Gasteiger partial charge in [0.25, 0.3) is 0 Å². The smallest absolute Gasteiger partial charge is 0.243 e. The number of hydrogen-bond acceptors (Lipinski definition) is 4. The topological polar surface area (TPSA) is 69.7 Å². The van der Waals surface area contributed by atoms with Gasteiger partial charge in [-0.1, -0.05) is 24.6 Å². The molecule has 0 atom stereocenters. The predicted octanol–water partition coefficient (Wildman–Crippen LogP) is 1.14. The fourth-order valence-corrected chi connectivity index (χ4v) is 4.62. The Labute approximate surface area is 144 Å². The van der Waals surface area contributed by atoms with E-state index in [9.17, 15) is 13.2 Å². The molecule has 1 fully saturated rings. The zero-order valence-electron chi connectivity index (χ0n) is 14.7. The number of carbonyl (C=O) groups excluding carboxylic acids is 1. The highest BCUT2D eigenvalue weighted by Gasteiger charge is 2.26. The van der Waals surface area contributed by atoms with Crippen LogP contribution in [0.3, 0.4) is 0 Å². The quantitative estimate of drug-likeness (QED) is 0.832. The summed E-state index contributed by atoms with van der Waals surface area (Å²) < 4.78 is 27.1. The van der Waals surface area contributed by atoms with Crippen molar-refractivity contribution in [3.05, 3.63) is 29.3 Å². The Bertz CT molecular complexity index is 682. The average molecular weight is 353 g/mol. The zero-order chi connectivity index (χ0) is 17.7. The molecule has 7 heteroatoms. The number of sulfonamides is 1. The standard InChI is InChI=1S/C17H27N3O3S/c1-4-20(10-7-17(21)19-11-8-18-9-12-19)24(22,23)16-6-5-14(2)13-15(16)3/h5-6,13,18H,4,7-12H2,1-3H3. The van der Waals surface area contributed by atoms with Crippen molar-refractivity contribution in [3.63, 3.8) is 0 Å². The molecule has 1 aromatic rings. The van der Waals surface area contributed by atoms with Crippen molar-refractivity contribution in [1.82, 2.24) is 14.5 Å². The minimum absolute atomic E-state index is 0.0192. The number of rotatable bonds is 6. The molecule has 0 radical (unpaired) electrons. The molecule has 0 spiro atoms. The van der Waals surface area contributed by atoms with Crippen molar-refractivity contribution < 1.29 is 13.2 Å². The van der Waals surface area contributed by atoms with Gasteiger partial charge in [0, 0.05) is 45.7 Å².